The van der Waals surface area contributed by atoms with E-state index >= 15 is 0 Å². The zero-order valence-electron chi connectivity index (χ0n) is 10.7. The molecule has 3 heteroatoms. The molecule has 1 aliphatic heterocycles. The van der Waals surface area contributed by atoms with Gasteiger partial charge < -0.3 is 9.73 Å². The maximum atomic E-state index is 11.9. The molecule has 3 nitrogen and oxygen atoms in total. The zero-order valence-corrected chi connectivity index (χ0v) is 10.7. The largest absolute Gasteiger partial charge is 0.468 e. The first-order valence-corrected chi connectivity index (χ1v) is 6.22. The van der Waals surface area contributed by atoms with Crippen molar-refractivity contribution in [3.05, 3.63) is 28.7 Å². The lowest BCUT2D eigenvalue weighted by Gasteiger charge is -2.06. The molecule has 92 valence electrons. The standard InChI is InChI=1S/C14H19NO2/c1-4-13(16)10-6-15-7-11-12(9(10)3)8-17-14(11)5-2/h8,15H,4-7H2,1-3H3. The Hall–Kier alpha value is -1.35. The number of carbonyl (C=O) groups excluding carboxylic acids is 1. The van der Waals surface area contributed by atoms with Crippen molar-refractivity contribution in [1.82, 2.24) is 5.32 Å². The van der Waals surface area contributed by atoms with Crippen LogP contribution in [0.5, 0.6) is 0 Å². The molecule has 17 heavy (non-hydrogen) atoms. The molecule has 0 aliphatic carbocycles. The van der Waals surface area contributed by atoms with Gasteiger partial charge in [0.15, 0.2) is 5.78 Å². The number of rotatable bonds is 3. The van der Waals surface area contributed by atoms with Crippen LogP contribution in [0.1, 0.15) is 44.1 Å². The van der Waals surface area contributed by atoms with E-state index in [0.29, 0.717) is 13.0 Å². The lowest BCUT2D eigenvalue weighted by Crippen LogP contribution is -2.19. The molecule has 0 atom stereocenters. The molecule has 1 aliphatic rings. The van der Waals surface area contributed by atoms with Gasteiger partial charge in [0.25, 0.3) is 0 Å². The molecule has 1 aromatic rings. The number of aryl methyl sites for hydroxylation is 1. The molecule has 0 bridgehead atoms. The maximum Gasteiger partial charge on any atom is 0.160 e. The number of furan rings is 1. The van der Waals surface area contributed by atoms with Gasteiger partial charge in [-0.3, -0.25) is 4.79 Å². The molecule has 0 radical (unpaired) electrons. The van der Waals surface area contributed by atoms with E-state index in [4.69, 9.17) is 4.42 Å². The first kappa shape index (κ1) is 12.1. The van der Waals surface area contributed by atoms with Crippen molar-refractivity contribution in [2.45, 2.75) is 40.2 Å². The molecule has 2 heterocycles. The number of nitrogens with one attached hydrogen (secondary N) is 1. The molecule has 2 rings (SSSR count). The van der Waals surface area contributed by atoms with Crippen LogP contribution < -0.4 is 5.32 Å². The van der Waals surface area contributed by atoms with E-state index in [1.165, 1.54) is 5.56 Å². The highest BCUT2D eigenvalue weighted by molar-refractivity contribution is 6.03. The van der Waals surface area contributed by atoms with E-state index in [9.17, 15) is 4.79 Å². The van der Waals surface area contributed by atoms with Gasteiger partial charge in [0.2, 0.25) is 0 Å². The summed E-state index contributed by atoms with van der Waals surface area (Å²) >= 11 is 0. The minimum Gasteiger partial charge on any atom is -0.468 e. The quantitative estimate of drug-likeness (QED) is 0.872. The van der Waals surface area contributed by atoms with Gasteiger partial charge in [0.1, 0.15) is 5.76 Å². The third kappa shape index (κ3) is 2.07. The monoisotopic (exact) mass is 233 g/mol. The van der Waals surface area contributed by atoms with Crippen LogP contribution in [0.2, 0.25) is 0 Å². The van der Waals surface area contributed by atoms with Crippen LogP contribution in [0.25, 0.3) is 5.57 Å². The number of fused-ring (bicyclic) bond motifs is 1. The molecule has 1 aromatic heterocycles. The van der Waals surface area contributed by atoms with Gasteiger partial charge in [0, 0.05) is 42.6 Å². The van der Waals surface area contributed by atoms with Crippen molar-refractivity contribution in [3.63, 3.8) is 0 Å². The molecule has 0 spiro atoms. The van der Waals surface area contributed by atoms with Crippen molar-refractivity contribution in [2.75, 3.05) is 6.54 Å². The molecule has 0 amide bonds. The molecular weight excluding hydrogens is 214 g/mol. The summed E-state index contributed by atoms with van der Waals surface area (Å²) < 4.78 is 5.57. The minimum absolute atomic E-state index is 0.224. The Balaban J connectivity index is 2.50. The number of Topliss-reactive ketones (excluding diaryl/α,β-unsaturated/α-hetero) is 1. The van der Waals surface area contributed by atoms with Crippen molar-refractivity contribution in [2.24, 2.45) is 0 Å². The maximum absolute atomic E-state index is 11.9. The van der Waals surface area contributed by atoms with Gasteiger partial charge in [-0.1, -0.05) is 13.8 Å². The second-order valence-electron chi connectivity index (χ2n) is 4.39. The van der Waals surface area contributed by atoms with E-state index < -0.39 is 0 Å². The van der Waals surface area contributed by atoms with Gasteiger partial charge in [0.05, 0.1) is 6.26 Å². The predicted molar refractivity (Wildman–Crippen MR) is 67.7 cm³/mol. The summed E-state index contributed by atoms with van der Waals surface area (Å²) in [4.78, 5) is 11.9. The normalized spacial score (nSPS) is 15.7. The molecule has 0 aromatic carbocycles. The van der Waals surface area contributed by atoms with Gasteiger partial charge in [-0.15, -0.1) is 0 Å². The lowest BCUT2D eigenvalue weighted by molar-refractivity contribution is -0.115. The summed E-state index contributed by atoms with van der Waals surface area (Å²) in [5.41, 5.74) is 4.28. The first-order chi connectivity index (χ1) is 8.19. The lowest BCUT2D eigenvalue weighted by atomic mass is 9.97. The smallest absolute Gasteiger partial charge is 0.160 e. The van der Waals surface area contributed by atoms with Crippen molar-refractivity contribution in [3.8, 4) is 0 Å². The Morgan fingerprint density at radius 1 is 1.41 bits per heavy atom. The highest BCUT2D eigenvalue weighted by Gasteiger charge is 2.21. The van der Waals surface area contributed by atoms with Crippen molar-refractivity contribution in [1.29, 1.82) is 0 Å². The van der Waals surface area contributed by atoms with Gasteiger partial charge in [-0.2, -0.15) is 0 Å². The average molecular weight is 233 g/mol. The van der Waals surface area contributed by atoms with E-state index in [2.05, 4.69) is 12.2 Å². The van der Waals surface area contributed by atoms with Crippen LogP contribution in [-0.4, -0.2) is 12.3 Å². The molecular formula is C14H19NO2. The Bertz CT molecular complexity index is 469. The topological polar surface area (TPSA) is 42.2 Å². The molecule has 0 saturated heterocycles. The first-order valence-electron chi connectivity index (χ1n) is 6.22. The number of hydrogen-bond acceptors (Lipinski definition) is 3. The fourth-order valence-corrected chi connectivity index (χ4v) is 2.36. The second-order valence-corrected chi connectivity index (χ2v) is 4.39. The second kappa shape index (κ2) is 4.88. The predicted octanol–water partition coefficient (Wildman–Crippen LogP) is 2.70. The van der Waals surface area contributed by atoms with Gasteiger partial charge in [-0.05, 0) is 12.5 Å². The van der Waals surface area contributed by atoms with Crippen LogP contribution in [-0.2, 0) is 17.8 Å². The summed E-state index contributed by atoms with van der Waals surface area (Å²) in [6.45, 7) is 7.45. The van der Waals surface area contributed by atoms with Crippen LogP contribution >= 0.6 is 0 Å². The average Bonchev–Trinajstić information content (AvgIpc) is 2.68. The summed E-state index contributed by atoms with van der Waals surface area (Å²) in [6.07, 6.45) is 3.24. The molecule has 0 fully saturated rings. The summed E-state index contributed by atoms with van der Waals surface area (Å²) in [7, 11) is 0. The molecule has 1 N–H and O–H groups in total. The summed E-state index contributed by atoms with van der Waals surface area (Å²) in [6, 6.07) is 0. The fraction of sp³-hybridized carbons (Fsp3) is 0.500. The number of hydrogen-bond donors (Lipinski definition) is 1. The Kier molecular flexibility index (Phi) is 3.48. The number of allylic oxidation sites excluding steroid dienone is 1. The molecule has 0 saturated carbocycles. The minimum atomic E-state index is 0.224. The summed E-state index contributed by atoms with van der Waals surface area (Å²) in [5, 5.41) is 3.32. The van der Waals surface area contributed by atoms with Crippen LogP contribution in [0.4, 0.5) is 0 Å². The Morgan fingerprint density at radius 3 is 2.82 bits per heavy atom. The summed E-state index contributed by atoms with van der Waals surface area (Å²) in [5.74, 6) is 1.25. The van der Waals surface area contributed by atoms with E-state index in [0.717, 1.165) is 35.4 Å². The third-order valence-electron chi connectivity index (χ3n) is 3.42. The Labute approximate surface area is 102 Å². The van der Waals surface area contributed by atoms with Gasteiger partial charge >= 0.3 is 0 Å². The zero-order chi connectivity index (χ0) is 12.4. The van der Waals surface area contributed by atoms with E-state index in [1.54, 1.807) is 6.26 Å². The highest BCUT2D eigenvalue weighted by Crippen LogP contribution is 2.29. The van der Waals surface area contributed by atoms with Crippen LogP contribution in [0, 0.1) is 0 Å². The SMILES string of the molecule is CCC(=O)C1=C(C)c2coc(CC)c2CNC1. The fourth-order valence-electron chi connectivity index (χ4n) is 2.36. The number of carbonyl (C=O) groups is 1. The molecule has 0 unspecified atom stereocenters. The third-order valence-corrected chi connectivity index (χ3v) is 3.42. The number of ketones is 1. The van der Waals surface area contributed by atoms with Crippen LogP contribution in [0.3, 0.4) is 0 Å². The van der Waals surface area contributed by atoms with E-state index in [1.807, 2.05) is 13.8 Å². The van der Waals surface area contributed by atoms with Crippen LogP contribution in [0.15, 0.2) is 16.3 Å². The Morgan fingerprint density at radius 2 is 2.18 bits per heavy atom. The van der Waals surface area contributed by atoms with E-state index in [-0.39, 0.29) is 5.78 Å². The van der Waals surface area contributed by atoms with Crippen molar-refractivity contribution >= 4 is 11.4 Å². The van der Waals surface area contributed by atoms with Crippen molar-refractivity contribution < 1.29 is 9.21 Å². The highest BCUT2D eigenvalue weighted by atomic mass is 16.3. The van der Waals surface area contributed by atoms with Gasteiger partial charge in [-0.25, -0.2) is 0 Å².